The van der Waals surface area contributed by atoms with Crippen LogP contribution in [0, 0.1) is 5.92 Å². The highest BCUT2D eigenvalue weighted by atomic mass is 32.2. The van der Waals surface area contributed by atoms with Crippen LogP contribution in [0.15, 0.2) is 16.6 Å². The molecule has 5 heteroatoms. The number of nitrogens with zero attached hydrogens (tertiary/aromatic N) is 2. The Bertz CT molecular complexity index is 373. The number of rotatable bonds is 4. The lowest BCUT2D eigenvalue weighted by molar-refractivity contribution is 0.621. The van der Waals surface area contributed by atoms with Gasteiger partial charge in [0, 0.05) is 29.3 Å². The molecule has 0 fully saturated rings. The summed E-state index contributed by atoms with van der Waals surface area (Å²) >= 11 is 3.60. The topological polar surface area (TPSA) is 37.3 Å². The van der Waals surface area contributed by atoms with E-state index in [-0.39, 0.29) is 0 Å². The van der Waals surface area contributed by atoms with E-state index in [2.05, 4.69) is 36.1 Å². The number of aromatic nitrogens is 1. The van der Waals surface area contributed by atoms with Crippen LogP contribution in [0.5, 0.6) is 0 Å². The van der Waals surface area contributed by atoms with Gasteiger partial charge in [0.2, 0.25) is 0 Å². The lowest BCUT2D eigenvalue weighted by atomic mass is 10.1. The third-order valence-electron chi connectivity index (χ3n) is 2.85. The van der Waals surface area contributed by atoms with Gasteiger partial charge in [-0.1, -0.05) is 32.5 Å². The molecule has 2 heterocycles. The van der Waals surface area contributed by atoms with Crippen molar-refractivity contribution >= 4 is 28.3 Å². The van der Waals surface area contributed by atoms with Gasteiger partial charge in [-0.3, -0.25) is 4.99 Å². The number of nitrogens with one attached hydrogen (secondary N) is 1. The molecule has 0 amide bonds. The zero-order valence-electron chi connectivity index (χ0n) is 10.5. The van der Waals surface area contributed by atoms with Crippen LogP contribution in [0.1, 0.15) is 31.7 Å². The van der Waals surface area contributed by atoms with Crippen LogP contribution in [-0.2, 0) is 0 Å². The lowest BCUT2D eigenvalue weighted by Crippen LogP contribution is -2.25. The lowest BCUT2D eigenvalue weighted by Gasteiger charge is -2.13. The summed E-state index contributed by atoms with van der Waals surface area (Å²) in [5, 5.41) is 8.41. The van der Waals surface area contributed by atoms with E-state index in [4.69, 9.17) is 0 Å². The van der Waals surface area contributed by atoms with Crippen LogP contribution in [-0.4, -0.2) is 28.5 Å². The Hall–Kier alpha value is -0.550. The molecule has 1 aromatic rings. The van der Waals surface area contributed by atoms with Crippen molar-refractivity contribution in [3.63, 3.8) is 0 Å². The summed E-state index contributed by atoms with van der Waals surface area (Å²) < 4.78 is 0. The number of hydrogen-bond acceptors (Lipinski definition) is 5. The molecule has 0 bridgehead atoms. The first kappa shape index (κ1) is 12.9. The van der Waals surface area contributed by atoms with Gasteiger partial charge in [0.15, 0.2) is 5.17 Å². The van der Waals surface area contributed by atoms with Gasteiger partial charge in [0.05, 0.1) is 11.6 Å². The van der Waals surface area contributed by atoms with Crippen molar-refractivity contribution in [2.45, 2.75) is 31.9 Å². The van der Waals surface area contributed by atoms with Gasteiger partial charge in [-0.15, -0.1) is 11.3 Å². The highest BCUT2D eigenvalue weighted by molar-refractivity contribution is 8.14. The van der Waals surface area contributed by atoms with E-state index in [0.29, 0.717) is 17.1 Å². The molecule has 0 saturated carbocycles. The van der Waals surface area contributed by atoms with Crippen molar-refractivity contribution < 1.29 is 0 Å². The number of amidine groups is 1. The molecule has 1 aromatic heterocycles. The van der Waals surface area contributed by atoms with Crippen LogP contribution < -0.4 is 5.32 Å². The van der Waals surface area contributed by atoms with Crippen molar-refractivity contribution in [3.8, 4) is 0 Å². The van der Waals surface area contributed by atoms with Crippen molar-refractivity contribution in [2.24, 2.45) is 10.9 Å². The Kier molecular flexibility index (Phi) is 4.45. The molecule has 3 nitrogen and oxygen atoms in total. The van der Waals surface area contributed by atoms with Crippen LogP contribution in [0.25, 0.3) is 0 Å². The Balaban J connectivity index is 1.76. The first-order valence-corrected chi connectivity index (χ1v) is 7.77. The van der Waals surface area contributed by atoms with E-state index in [0.717, 1.165) is 18.3 Å². The van der Waals surface area contributed by atoms with E-state index in [1.54, 1.807) is 11.3 Å². The molecule has 2 unspecified atom stereocenters. The van der Waals surface area contributed by atoms with Gasteiger partial charge in [-0.05, 0) is 5.92 Å². The minimum atomic E-state index is 0.455. The molecule has 2 atom stereocenters. The molecule has 0 saturated heterocycles. The highest BCUT2D eigenvalue weighted by Crippen LogP contribution is 2.26. The summed E-state index contributed by atoms with van der Waals surface area (Å²) in [6.45, 7) is 8.59. The minimum absolute atomic E-state index is 0.455. The van der Waals surface area contributed by atoms with Gasteiger partial charge in [-0.25, -0.2) is 4.98 Å². The molecule has 0 aromatic carbocycles. The van der Waals surface area contributed by atoms with Crippen molar-refractivity contribution in [2.75, 3.05) is 13.1 Å². The minimum Gasteiger partial charge on any atom is -0.364 e. The Morgan fingerprint density at radius 2 is 2.29 bits per heavy atom. The summed E-state index contributed by atoms with van der Waals surface area (Å²) in [5.41, 5.74) is 0. The van der Waals surface area contributed by atoms with Gasteiger partial charge < -0.3 is 5.32 Å². The molecule has 94 valence electrons. The van der Waals surface area contributed by atoms with Crippen molar-refractivity contribution in [3.05, 3.63) is 16.6 Å². The summed E-state index contributed by atoms with van der Waals surface area (Å²) in [4.78, 5) is 8.88. The van der Waals surface area contributed by atoms with Gasteiger partial charge in [0.1, 0.15) is 0 Å². The average molecular weight is 269 g/mol. The molecule has 1 aliphatic heterocycles. The summed E-state index contributed by atoms with van der Waals surface area (Å²) in [6, 6.07) is 0. The van der Waals surface area contributed by atoms with Crippen LogP contribution in [0.4, 0.5) is 0 Å². The SMILES string of the molecule is CC(CNC1=NCC(C(C)C)S1)c1nccs1. The third-order valence-corrected chi connectivity index (χ3v) is 5.35. The average Bonchev–Trinajstić information content (AvgIpc) is 2.97. The first-order chi connectivity index (χ1) is 8.16. The van der Waals surface area contributed by atoms with Gasteiger partial charge in [-0.2, -0.15) is 0 Å². The van der Waals surface area contributed by atoms with E-state index in [9.17, 15) is 0 Å². The molecule has 0 aliphatic carbocycles. The Morgan fingerprint density at radius 1 is 1.47 bits per heavy atom. The molecule has 0 radical (unpaired) electrons. The van der Waals surface area contributed by atoms with Crippen LogP contribution in [0.2, 0.25) is 0 Å². The standard InChI is InChI=1S/C12H19N3S2/c1-8(2)10-7-15-12(17-10)14-6-9(3)11-13-4-5-16-11/h4-5,8-10H,6-7H2,1-3H3,(H,14,15). The second-order valence-corrected chi connectivity index (χ2v) is 6.85. The molecule has 2 rings (SSSR count). The fourth-order valence-electron chi connectivity index (χ4n) is 1.64. The number of hydrogen-bond donors (Lipinski definition) is 1. The van der Waals surface area contributed by atoms with Crippen LogP contribution >= 0.6 is 23.1 Å². The molecule has 17 heavy (non-hydrogen) atoms. The summed E-state index contributed by atoms with van der Waals surface area (Å²) in [7, 11) is 0. The smallest absolute Gasteiger partial charge is 0.156 e. The van der Waals surface area contributed by atoms with E-state index >= 15 is 0 Å². The van der Waals surface area contributed by atoms with E-state index in [1.165, 1.54) is 5.01 Å². The monoisotopic (exact) mass is 269 g/mol. The maximum atomic E-state index is 4.54. The summed E-state index contributed by atoms with van der Waals surface area (Å²) in [5.74, 6) is 1.15. The summed E-state index contributed by atoms with van der Waals surface area (Å²) in [6.07, 6.45) is 1.87. The van der Waals surface area contributed by atoms with E-state index < -0.39 is 0 Å². The zero-order valence-corrected chi connectivity index (χ0v) is 12.1. The number of thioether (sulfide) groups is 1. The van der Waals surface area contributed by atoms with Gasteiger partial charge >= 0.3 is 0 Å². The second-order valence-electron chi connectivity index (χ2n) is 4.70. The van der Waals surface area contributed by atoms with Crippen molar-refractivity contribution in [1.29, 1.82) is 0 Å². The predicted octanol–water partition coefficient (Wildman–Crippen LogP) is 2.96. The maximum absolute atomic E-state index is 4.54. The second kappa shape index (κ2) is 5.87. The maximum Gasteiger partial charge on any atom is 0.156 e. The molecule has 1 N–H and O–H groups in total. The fourth-order valence-corrected chi connectivity index (χ4v) is 3.36. The molecular weight excluding hydrogens is 250 g/mol. The van der Waals surface area contributed by atoms with Crippen molar-refractivity contribution in [1.82, 2.24) is 10.3 Å². The normalized spacial score (nSPS) is 21.6. The largest absolute Gasteiger partial charge is 0.364 e. The fraction of sp³-hybridized carbons (Fsp3) is 0.667. The number of aliphatic imine (C=N–C) groups is 1. The highest BCUT2D eigenvalue weighted by Gasteiger charge is 2.22. The zero-order chi connectivity index (χ0) is 12.3. The first-order valence-electron chi connectivity index (χ1n) is 6.01. The van der Waals surface area contributed by atoms with E-state index in [1.807, 2.05) is 23.3 Å². The Labute approximate surface area is 111 Å². The predicted molar refractivity (Wildman–Crippen MR) is 77.1 cm³/mol. The molecule has 1 aliphatic rings. The third kappa shape index (κ3) is 3.45. The van der Waals surface area contributed by atoms with Gasteiger partial charge in [0.25, 0.3) is 0 Å². The molecular formula is C12H19N3S2. The van der Waals surface area contributed by atoms with Crippen LogP contribution in [0.3, 0.4) is 0 Å². The Morgan fingerprint density at radius 3 is 2.88 bits per heavy atom. The molecule has 0 spiro atoms. The number of thiazole rings is 1. The quantitative estimate of drug-likeness (QED) is 0.913.